The van der Waals surface area contributed by atoms with Gasteiger partial charge in [0.1, 0.15) is 0 Å². The summed E-state index contributed by atoms with van der Waals surface area (Å²) in [6.07, 6.45) is 0. The van der Waals surface area contributed by atoms with Crippen molar-refractivity contribution in [1.29, 1.82) is 0 Å². The Hall–Kier alpha value is -3.13. The predicted octanol–water partition coefficient (Wildman–Crippen LogP) is 2.96. The third-order valence-corrected chi connectivity index (χ3v) is 3.24. The van der Waals surface area contributed by atoms with E-state index >= 15 is 0 Å². The average molecular weight is 351 g/mol. The van der Waals surface area contributed by atoms with Crippen molar-refractivity contribution in [3.63, 3.8) is 0 Å². The summed E-state index contributed by atoms with van der Waals surface area (Å²) < 4.78 is 5.10. The Labute approximate surface area is 140 Å². The fourth-order valence-corrected chi connectivity index (χ4v) is 1.99. The first-order valence-corrected chi connectivity index (χ1v) is 6.95. The van der Waals surface area contributed by atoms with Gasteiger partial charge in [-0.3, -0.25) is 14.9 Å². The zero-order chi connectivity index (χ0) is 17.7. The monoisotopic (exact) mass is 350 g/mol. The van der Waals surface area contributed by atoms with Crippen molar-refractivity contribution in [3.8, 4) is 5.75 Å². The fourth-order valence-electron chi connectivity index (χ4n) is 1.81. The van der Waals surface area contributed by atoms with Gasteiger partial charge >= 0.3 is 11.7 Å². The molecule has 0 aliphatic rings. The van der Waals surface area contributed by atoms with E-state index in [2.05, 4.69) is 5.32 Å². The smallest absolute Gasteiger partial charge is 0.335 e. The van der Waals surface area contributed by atoms with Gasteiger partial charge in [0.25, 0.3) is 5.91 Å². The number of aromatic carboxylic acids is 1. The molecule has 0 saturated heterocycles. The number of hydrogen-bond donors (Lipinski definition) is 2. The lowest BCUT2D eigenvalue weighted by atomic mass is 10.2. The van der Waals surface area contributed by atoms with E-state index in [9.17, 15) is 19.7 Å². The Kier molecular flexibility index (Phi) is 5.33. The van der Waals surface area contributed by atoms with Gasteiger partial charge in [0, 0.05) is 12.1 Å². The predicted molar refractivity (Wildman–Crippen MR) is 85.6 cm³/mol. The number of rotatable bonds is 6. The number of carboxylic acid groups (broad SMARTS) is 1. The summed E-state index contributed by atoms with van der Waals surface area (Å²) in [7, 11) is 0. The molecule has 8 nitrogen and oxygen atoms in total. The number of carbonyl (C=O) groups excluding carboxylic acids is 1. The highest BCUT2D eigenvalue weighted by atomic mass is 35.5. The number of benzene rings is 2. The Morgan fingerprint density at radius 2 is 1.96 bits per heavy atom. The van der Waals surface area contributed by atoms with Crippen molar-refractivity contribution in [3.05, 3.63) is 63.2 Å². The molecular weight excluding hydrogens is 340 g/mol. The zero-order valence-electron chi connectivity index (χ0n) is 12.1. The van der Waals surface area contributed by atoms with Gasteiger partial charge < -0.3 is 15.2 Å². The largest absolute Gasteiger partial charge is 0.478 e. The van der Waals surface area contributed by atoms with Crippen LogP contribution in [0.5, 0.6) is 5.75 Å². The number of ether oxygens (including phenoxy) is 1. The normalized spacial score (nSPS) is 10.0. The first-order chi connectivity index (χ1) is 11.4. The van der Waals surface area contributed by atoms with Gasteiger partial charge in [-0.1, -0.05) is 23.7 Å². The molecule has 0 fully saturated rings. The maximum atomic E-state index is 11.9. The number of nitrogens with one attached hydrogen (secondary N) is 1. The number of nitrogens with zero attached hydrogens (tertiary/aromatic N) is 1. The molecular formula is C15H11ClN2O6. The lowest BCUT2D eigenvalue weighted by Crippen LogP contribution is -2.20. The second-order valence-electron chi connectivity index (χ2n) is 4.56. The molecule has 0 aliphatic carbocycles. The Morgan fingerprint density at radius 1 is 1.25 bits per heavy atom. The van der Waals surface area contributed by atoms with Crippen LogP contribution in [-0.4, -0.2) is 28.5 Å². The first-order valence-electron chi connectivity index (χ1n) is 6.57. The number of nitro groups is 1. The number of halogens is 1. The Bertz CT molecular complexity index is 808. The number of anilines is 1. The average Bonchev–Trinajstić information content (AvgIpc) is 2.54. The minimum absolute atomic E-state index is 0.192. The van der Waals surface area contributed by atoms with Crippen molar-refractivity contribution in [2.24, 2.45) is 0 Å². The van der Waals surface area contributed by atoms with Gasteiger partial charge in [-0.05, 0) is 18.2 Å². The van der Waals surface area contributed by atoms with Crippen LogP contribution in [0.15, 0.2) is 42.5 Å². The molecule has 2 N–H and O–H groups in total. The Balaban J connectivity index is 2.11. The molecule has 2 aromatic carbocycles. The molecule has 2 rings (SSSR count). The van der Waals surface area contributed by atoms with E-state index in [0.717, 1.165) is 18.2 Å². The molecule has 124 valence electrons. The summed E-state index contributed by atoms with van der Waals surface area (Å²) >= 11 is 5.90. The summed E-state index contributed by atoms with van der Waals surface area (Å²) in [5, 5.41) is 22.7. The lowest BCUT2D eigenvalue weighted by Gasteiger charge is -2.09. The molecule has 0 atom stereocenters. The number of carboxylic acids is 1. The Morgan fingerprint density at radius 3 is 2.58 bits per heavy atom. The van der Waals surface area contributed by atoms with Crippen molar-refractivity contribution in [1.82, 2.24) is 0 Å². The van der Waals surface area contributed by atoms with Crippen LogP contribution in [0, 0.1) is 10.1 Å². The SMILES string of the molecule is O=C(COc1cc(C(=O)O)ccc1[N+](=O)[O-])Nc1ccccc1Cl. The third kappa shape index (κ3) is 4.20. The molecule has 0 spiro atoms. The van der Waals surface area contributed by atoms with Crippen LogP contribution in [0.25, 0.3) is 0 Å². The van der Waals surface area contributed by atoms with Crippen molar-refractivity contribution in [2.75, 3.05) is 11.9 Å². The van der Waals surface area contributed by atoms with E-state index in [1.165, 1.54) is 0 Å². The topological polar surface area (TPSA) is 119 Å². The number of para-hydroxylation sites is 1. The van der Waals surface area contributed by atoms with Crippen LogP contribution in [0.3, 0.4) is 0 Å². The molecule has 0 heterocycles. The number of carbonyl (C=O) groups is 2. The molecule has 0 aromatic heterocycles. The molecule has 0 bridgehead atoms. The highest BCUT2D eigenvalue weighted by Gasteiger charge is 2.19. The van der Waals surface area contributed by atoms with Gasteiger partial charge in [-0.25, -0.2) is 4.79 Å². The van der Waals surface area contributed by atoms with Gasteiger partial charge in [-0.15, -0.1) is 0 Å². The van der Waals surface area contributed by atoms with E-state index in [4.69, 9.17) is 21.4 Å². The molecule has 24 heavy (non-hydrogen) atoms. The maximum Gasteiger partial charge on any atom is 0.335 e. The van der Waals surface area contributed by atoms with Gasteiger partial charge in [0.05, 0.1) is 21.2 Å². The van der Waals surface area contributed by atoms with Crippen molar-refractivity contribution < 1.29 is 24.4 Å². The zero-order valence-corrected chi connectivity index (χ0v) is 12.8. The third-order valence-electron chi connectivity index (χ3n) is 2.91. The minimum atomic E-state index is -1.27. The van der Waals surface area contributed by atoms with Crippen LogP contribution in [0.2, 0.25) is 5.02 Å². The van der Waals surface area contributed by atoms with Crippen molar-refractivity contribution in [2.45, 2.75) is 0 Å². The fraction of sp³-hybridized carbons (Fsp3) is 0.0667. The summed E-state index contributed by atoms with van der Waals surface area (Å²) in [6.45, 7) is -0.546. The molecule has 0 radical (unpaired) electrons. The van der Waals surface area contributed by atoms with E-state index in [1.54, 1.807) is 24.3 Å². The maximum absolute atomic E-state index is 11.9. The van der Waals surface area contributed by atoms with E-state index in [1.807, 2.05) is 0 Å². The van der Waals surface area contributed by atoms with E-state index in [0.29, 0.717) is 10.7 Å². The van der Waals surface area contributed by atoms with Gasteiger partial charge in [0.2, 0.25) is 0 Å². The van der Waals surface area contributed by atoms with E-state index in [-0.39, 0.29) is 11.3 Å². The molecule has 2 aromatic rings. The van der Waals surface area contributed by atoms with Crippen LogP contribution in [0.4, 0.5) is 11.4 Å². The molecule has 0 unspecified atom stereocenters. The van der Waals surface area contributed by atoms with E-state index < -0.39 is 29.1 Å². The highest BCUT2D eigenvalue weighted by molar-refractivity contribution is 6.33. The quantitative estimate of drug-likeness (QED) is 0.610. The van der Waals surface area contributed by atoms with Crippen LogP contribution < -0.4 is 10.1 Å². The highest BCUT2D eigenvalue weighted by Crippen LogP contribution is 2.28. The van der Waals surface area contributed by atoms with Gasteiger partial charge in [0.15, 0.2) is 12.4 Å². The summed E-state index contributed by atoms with van der Waals surface area (Å²) in [4.78, 5) is 33.0. The summed E-state index contributed by atoms with van der Waals surface area (Å²) in [5.41, 5.74) is -0.269. The molecule has 0 aliphatic heterocycles. The second kappa shape index (κ2) is 7.42. The summed E-state index contributed by atoms with van der Waals surface area (Å²) in [5.74, 6) is -2.18. The van der Waals surface area contributed by atoms with Crippen molar-refractivity contribution >= 4 is 34.9 Å². The molecule has 9 heteroatoms. The number of nitro benzene ring substituents is 1. The van der Waals surface area contributed by atoms with Gasteiger partial charge in [-0.2, -0.15) is 0 Å². The standard InChI is InChI=1S/C15H11ClN2O6/c16-10-3-1-2-4-11(10)17-14(19)8-24-13-7-9(15(20)21)5-6-12(13)18(22)23/h1-7H,8H2,(H,17,19)(H,20,21). The lowest BCUT2D eigenvalue weighted by molar-refractivity contribution is -0.385. The number of hydrogen-bond acceptors (Lipinski definition) is 5. The molecule has 1 amide bonds. The van der Waals surface area contributed by atoms with Crippen LogP contribution in [0.1, 0.15) is 10.4 Å². The second-order valence-corrected chi connectivity index (χ2v) is 4.97. The summed E-state index contributed by atoms with van der Waals surface area (Å²) in [6, 6.07) is 9.59. The van der Waals surface area contributed by atoms with Crippen LogP contribution in [-0.2, 0) is 4.79 Å². The van der Waals surface area contributed by atoms with Crippen LogP contribution >= 0.6 is 11.6 Å². The minimum Gasteiger partial charge on any atom is -0.478 e. The number of amides is 1. The molecule has 0 saturated carbocycles. The first kappa shape index (κ1) is 17.2.